The molecule has 0 aliphatic heterocycles. The third-order valence-electron chi connectivity index (χ3n) is 4.00. The highest BCUT2D eigenvalue weighted by atomic mass is 32.2. The van der Waals surface area contributed by atoms with E-state index in [1.165, 1.54) is 0 Å². The van der Waals surface area contributed by atoms with E-state index in [4.69, 9.17) is 4.52 Å². The summed E-state index contributed by atoms with van der Waals surface area (Å²) in [4.78, 5) is 17.1. The molecule has 0 fully saturated rings. The maximum atomic E-state index is 12.9. The van der Waals surface area contributed by atoms with Gasteiger partial charge in [0.25, 0.3) is 0 Å². The zero-order valence-corrected chi connectivity index (χ0v) is 16.4. The van der Waals surface area contributed by atoms with E-state index < -0.39 is 21.3 Å². The van der Waals surface area contributed by atoms with E-state index in [1.807, 2.05) is 33.8 Å². The second kappa shape index (κ2) is 7.17. The molecule has 2 aromatic rings. The van der Waals surface area contributed by atoms with Crippen molar-refractivity contribution >= 4 is 16.8 Å². The molecular weight excluding hydrogens is 338 g/mol. The van der Waals surface area contributed by atoms with Crippen LogP contribution in [0.2, 0.25) is 0 Å². The van der Waals surface area contributed by atoms with Gasteiger partial charge in [-0.25, -0.2) is 8.93 Å². The monoisotopic (exact) mass is 363 g/mol. The van der Waals surface area contributed by atoms with Crippen LogP contribution in [0.25, 0.3) is 0 Å². The Labute approximate surface area is 151 Å². The van der Waals surface area contributed by atoms with Crippen molar-refractivity contribution in [1.82, 2.24) is 14.9 Å². The number of rotatable bonds is 6. The smallest absolute Gasteiger partial charge is 0.170 e. The van der Waals surface area contributed by atoms with Crippen molar-refractivity contribution in [3.05, 3.63) is 47.1 Å². The first-order valence-electron chi connectivity index (χ1n) is 8.11. The number of aromatic nitrogens is 2. The maximum absolute atomic E-state index is 12.9. The van der Waals surface area contributed by atoms with Crippen LogP contribution in [-0.4, -0.2) is 24.9 Å². The van der Waals surface area contributed by atoms with E-state index in [2.05, 4.69) is 14.9 Å². The van der Waals surface area contributed by atoms with E-state index in [9.17, 15) is 9.00 Å². The fourth-order valence-electron chi connectivity index (χ4n) is 2.53. The minimum absolute atomic E-state index is 0.110. The zero-order chi connectivity index (χ0) is 18.8. The summed E-state index contributed by atoms with van der Waals surface area (Å²) in [6, 6.07) is 3.68. The molecule has 0 bridgehead atoms. The highest BCUT2D eigenvalue weighted by molar-refractivity contribution is 7.84. The third-order valence-corrected chi connectivity index (χ3v) is 5.75. The summed E-state index contributed by atoms with van der Waals surface area (Å²) in [6.07, 6.45) is 3.47. The van der Waals surface area contributed by atoms with Crippen LogP contribution in [0, 0.1) is 13.8 Å². The van der Waals surface area contributed by atoms with Gasteiger partial charge in [0.05, 0.1) is 32.5 Å². The largest absolute Gasteiger partial charge is 0.361 e. The molecule has 0 aromatic carbocycles. The summed E-state index contributed by atoms with van der Waals surface area (Å²) in [5.41, 5.74) is 1.01. The Balaban J connectivity index is 2.39. The first-order valence-corrected chi connectivity index (χ1v) is 9.26. The Morgan fingerprint density at radius 3 is 2.44 bits per heavy atom. The molecule has 0 amide bonds. The molecule has 1 N–H and O–H groups in total. The summed E-state index contributed by atoms with van der Waals surface area (Å²) in [6.45, 7) is 11.0. The molecule has 0 aliphatic rings. The highest BCUT2D eigenvalue weighted by Gasteiger charge is 2.36. The number of carbonyl (C=O) groups excluding carboxylic acids is 1. The molecule has 6 nitrogen and oxygen atoms in total. The van der Waals surface area contributed by atoms with Gasteiger partial charge in [-0.15, -0.1) is 0 Å². The Bertz CT molecular complexity index is 761. The minimum Gasteiger partial charge on any atom is -0.361 e. The van der Waals surface area contributed by atoms with Crippen LogP contribution in [0.15, 0.2) is 29.0 Å². The number of hydrogen-bond acceptors (Lipinski definition) is 5. The fourth-order valence-corrected chi connectivity index (χ4v) is 3.44. The van der Waals surface area contributed by atoms with Gasteiger partial charge in [-0.1, -0.05) is 11.2 Å². The Kier molecular flexibility index (Phi) is 5.58. The molecule has 2 atom stereocenters. The molecular formula is C18H25N3O3S. The van der Waals surface area contributed by atoms with Crippen LogP contribution in [0.1, 0.15) is 61.5 Å². The number of nitrogens with one attached hydrogen (secondary N) is 1. The molecule has 0 spiro atoms. The molecule has 2 heterocycles. The number of hydrogen-bond donors (Lipinski definition) is 1. The van der Waals surface area contributed by atoms with Crippen LogP contribution in [0.4, 0.5) is 0 Å². The lowest BCUT2D eigenvalue weighted by atomic mass is 9.87. The van der Waals surface area contributed by atoms with Crippen molar-refractivity contribution in [2.45, 2.75) is 58.2 Å². The van der Waals surface area contributed by atoms with Gasteiger partial charge in [0, 0.05) is 18.8 Å². The molecule has 0 radical (unpaired) electrons. The molecule has 0 saturated heterocycles. The maximum Gasteiger partial charge on any atom is 0.170 e. The molecule has 2 aromatic heterocycles. The van der Waals surface area contributed by atoms with Crippen molar-refractivity contribution in [3.63, 3.8) is 0 Å². The van der Waals surface area contributed by atoms with Crippen molar-refractivity contribution < 1.29 is 13.5 Å². The van der Waals surface area contributed by atoms with Crippen molar-refractivity contribution in [2.24, 2.45) is 0 Å². The molecule has 1 unspecified atom stereocenters. The number of aryl methyl sites for hydroxylation is 2. The lowest BCUT2D eigenvalue weighted by molar-refractivity contribution is 0.0948. The Morgan fingerprint density at radius 1 is 1.28 bits per heavy atom. The summed E-state index contributed by atoms with van der Waals surface area (Å²) >= 11 is 0. The summed E-state index contributed by atoms with van der Waals surface area (Å²) in [5, 5.41) is 3.85. The van der Waals surface area contributed by atoms with Gasteiger partial charge in [0.2, 0.25) is 0 Å². The van der Waals surface area contributed by atoms with Crippen molar-refractivity contribution in [3.8, 4) is 0 Å². The van der Waals surface area contributed by atoms with Crippen LogP contribution in [0.5, 0.6) is 0 Å². The van der Waals surface area contributed by atoms with Crippen molar-refractivity contribution in [1.29, 1.82) is 0 Å². The van der Waals surface area contributed by atoms with E-state index >= 15 is 0 Å². The van der Waals surface area contributed by atoms with Gasteiger partial charge in [0.1, 0.15) is 5.76 Å². The molecule has 25 heavy (non-hydrogen) atoms. The summed E-state index contributed by atoms with van der Waals surface area (Å²) in [7, 11) is -1.35. The standard InChI is InChI=1S/C18H25N3O3S/c1-12-16(13(2)24-20-12)15(22)10-18(6,14-8-7-9-19-11-14)21-25(23)17(3,4)5/h7-9,11,21H,10H2,1-6H3/t18-,25?/m0/s1. The minimum atomic E-state index is -1.35. The quantitative estimate of drug-likeness (QED) is 0.797. The average molecular weight is 363 g/mol. The van der Waals surface area contributed by atoms with Gasteiger partial charge in [-0.3, -0.25) is 9.78 Å². The van der Waals surface area contributed by atoms with Gasteiger partial charge < -0.3 is 4.52 Å². The second-order valence-corrected chi connectivity index (χ2v) is 9.32. The number of pyridine rings is 1. The molecule has 7 heteroatoms. The third kappa shape index (κ3) is 4.41. The predicted octanol–water partition coefficient (Wildman–Crippen LogP) is 3.23. The van der Waals surface area contributed by atoms with E-state index in [0.29, 0.717) is 17.0 Å². The van der Waals surface area contributed by atoms with Gasteiger partial charge in [-0.2, -0.15) is 0 Å². The van der Waals surface area contributed by atoms with Gasteiger partial charge in [-0.05, 0) is 53.2 Å². The van der Waals surface area contributed by atoms with E-state index in [-0.39, 0.29) is 12.2 Å². The number of nitrogens with zero attached hydrogens (tertiary/aromatic N) is 2. The number of ketones is 1. The van der Waals surface area contributed by atoms with Crippen LogP contribution >= 0.6 is 0 Å². The Hall–Kier alpha value is -1.86. The lowest BCUT2D eigenvalue weighted by Crippen LogP contribution is -2.47. The van der Waals surface area contributed by atoms with Crippen LogP contribution in [-0.2, 0) is 16.5 Å². The topological polar surface area (TPSA) is 85.1 Å². The van der Waals surface area contributed by atoms with Crippen molar-refractivity contribution in [2.75, 3.05) is 0 Å². The molecule has 0 aliphatic carbocycles. The SMILES string of the molecule is Cc1noc(C)c1C(=O)C[C@](C)(NS(=O)C(C)(C)C)c1cccnc1. The first-order chi connectivity index (χ1) is 11.5. The van der Waals surface area contributed by atoms with E-state index in [0.717, 1.165) is 5.56 Å². The summed E-state index contributed by atoms with van der Waals surface area (Å²) < 4.78 is 20.5. The lowest BCUT2D eigenvalue weighted by Gasteiger charge is -2.33. The molecule has 0 saturated carbocycles. The van der Waals surface area contributed by atoms with Crippen LogP contribution < -0.4 is 4.72 Å². The molecule has 136 valence electrons. The molecule has 2 rings (SSSR count). The van der Waals surface area contributed by atoms with Crippen LogP contribution in [0.3, 0.4) is 0 Å². The predicted molar refractivity (Wildman–Crippen MR) is 97.5 cm³/mol. The van der Waals surface area contributed by atoms with Gasteiger partial charge in [0.15, 0.2) is 5.78 Å². The number of carbonyl (C=O) groups is 1. The highest BCUT2D eigenvalue weighted by Crippen LogP contribution is 2.29. The zero-order valence-electron chi connectivity index (χ0n) is 15.5. The van der Waals surface area contributed by atoms with Gasteiger partial charge >= 0.3 is 0 Å². The summed E-state index contributed by atoms with van der Waals surface area (Å²) in [5.74, 6) is 0.383. The number of Topliss-reactive ketones (excluding diaryl/α,β-unsaturated/α-hetero) is 1. The van der Waals surface area contributed by atoms with E-state index in [1.54, 1.807) is 32.3 Å². The second-order valence-electron chi connectivity index (χ2n) is 7.36. The average Bonchev–Trinajstić information content (AvgIpc) is 2.86. The normalized spacial score (nSPS) is 15.6. The fraction of sp³-hybridized carbons (Fsp3) is 0.500. The first kappa shape index (κ1) is 19.5. The Morgan fingerprint density at radius 2 is 1.96 bits per heavy atom.